The summed E-state index contributed by atoms with van der Waals surface area (Å²) < 4.78 is 4.94. The zero-order valence-corrected chi connectivity index (χ0v) is 12.5. The fourth-order valence-electron chi connectivity index (χ4n) is 2.84. The highest BCUT2D eigenvalue weighted by Crippen LogP contribution is 2.33. The summed E-state index contributed by atoms with van der Waals surface area (Å²) in [5.74, 6) is 0.0695. The van der Waals surface area contributed by atoms with Gasteiger partial charge in [0.25, 0.3) is 0 Å². The lowest BCUT2D eigenvalue weighted by molar-refractivity contribution is -0.142. The summed E-state index contributed by atoms with van der Waals surface area (Å²) >= 11 is 0. The lowest BCUT2D eigenvalue weighted by atomic mass is 9.82. The van der Waals surface area contributed by atoms with E-state index in [9.17, 15) is 4.79 Å². The van der Waals surface area contributed by atoms with Gasteiger partial charge in [0.1, 0.15) is 5.54 Å². The molecule has 7 heteroatoms. The molecule has 2 aromatic rings. The quantitative estimate of drug-likeness (QED) is 0.844. The van der Waals surface area contributed by atoms with Gasteiger partial charge in [0, 0.05) is 6.92 Å². The Hall–Kier alpha value is -2.28. The second-order valence-electron chi connectivity index (χ2n) is 5.42. The second-order valence-corrected chi connectivity index (χ2v) is 5.42. The van der Waals surface area contributed by atoms with Gasteiger partial charge in [0.05, 0.1) is 0 Å². The third-order valence-corrected chi connectivity index (χ3v) is 3.98. The second kappa shape index (κ2) is 6.23. The number of tetrazole rings is 1. The Kier molecular flexibility index (Phi) is 4.15. The maximum absolute atomic E-state index is 10.9. The first-order valence-electron chi connectivity index (χ1n) is 7.40. The number of rotatable bonds is 4. The van der Waals surface area contributed by atoms with E-state index in [1.165, 1.54) is 12.5 Å². The van der Waals surface area contributed by atoms with Gasteiger partial charge in [-0.2, -0.15) is 4.80 Å². The van der Waals surface area contributed by atoms with Crippen molar-refractivity contribution in [2.24, 2.45) is 0 Å². The van der Waals surface area contributed by atoms with Gasteiger partial charge in [0.2, 0.25) is 5.82 Å². The lowest BCUT2D eigenvalue weighted by Gasteiger charge is -2.36. The number of carbonyl (C=O) groups excluding carboxylic acids is 1. The van der Waals surface area contributed by atoms with E-state index in [0.717, 1.165) is 25.9 Å². The monoisotopic (exact) mass is 301 g/mol. The van der Waals surface area contributed by atoms with E-state index >= 15 is 0 Å². The highest BCUT2D eigenvalue weighted by molar-refractivity contribution is 5.65. The van der Waals surface area contributed by atoms with Gasteiger partial charge in [-0.3, -0.25) is 4.79 Å². The molecular formula is C15H19N5O2. The summed E-state index contributed by atoms with van der Waals surface area (Å²) in [6.45, 7) is 3.21. The van der Waals surface area contributed by atoms with E-state index < -0.39 is 0 Å². The highest BCUT2D eigenvalue weighted by Gasteiger charge is 2.38. The van der Waals surface area contributed by atoms with Crippen LogP contribution in [0.3, 0.4) is 0 Å². The Morgan fingerprint density at radius 3 is 2.73 bits per heavy atom. The Morgan fingerprint density at radius 1 is 1.32 bits per heavy atom. The molecule has 1 aliphatic heterocycles. The summed E-state index contributed by atoms with van der Waals surface area (Å²) in [5, 5.41) is 16.1. The maximum atomic E-state index is 10.9. The van der Waals surface area contributed by atoms with Crippen LogP contribution >= 0.6 is 0 Å². The van der Waals surface area contributed by atoms with Crippen molar-refractivity contribution in [2.75, 3.05) is 13.1 Å². The molecule has 0 atom stereocenters. The fourth-order valence-corrected chi connectivity index (χ4v) is 2.84. The maximum Gasteiger partial charge on any atom is 0.303 e. The molecule has 22 heavy (non-hydrogen) atoms. The highest BCUT2D eigenvalue weighted by atomic mass is 16.5. The largest absolute Gasteiger partial charge is 0.457 e. The summed E-state index contributed by atoms with van der Waals surface area (Å²) in [7, 11) is 0. The van der Waals surface area contributed by atoms with Crippen molar-refractivity contribution in [3.8, 4) is 0 Å². The predicted molar refractivity (Wildman–Crippen MR) is 78.9 cm³/mol. The van der Waals surface area contributed by atoms with Crippen molar-refractivity contribution in [1.29, 1.82) is 0 Å². The van der Waals surface area contributed by atoms with Crippen LogP contribution in [0.25, 0.3) is 0 Å². The number of esters is 1. The number of piperidine rings is 1. The Bertz CT molecular complexity index is 634. The fraction of sp³-hybridized carbons (Fsp3) is 0.467. The molecule has 0 radical (unpaired) electrons. The van der Waals surface area contributed by atoms with Crippen molar-refractivity contribution in [3.05, 3.63) is 41.7 Å². The Morgan fingerprint density at radius 2 is 2.05 bits per heavy atom. The minimum atomic E-state index is -0.351. The standard InChI is InChI=1S/C15H19N5O2/c1-12(21)22-11-14-17-19-20(18-14)15(7-9-16-10-8-15)13-5-3-2-4-6-13/h2-6,16H,7-11H2,1H3. The van der Waals surface area contributed by atoms with Gasteiger partial charge >= 0.3 is 5.97 Å². The van der Waals surface area contributed by atoms with E-state index in [1.54, 1.807) is 4.80 Å². The van der Waals surface area contributed by atoms with Crippen LogP contribution in [0.5, 0.6) is 0 Å². The molecule has 0 amide bonds. The topological polar surface area (TPSA) is 81.9 Å². The van der Waals surface area contributed by atoms with Gasteiger partial charge in [-0.05, 0) is 36.7 Å². The smallest absolute Gasteiger partial charge is 0.303 e. The summed E-state index contributed by atoms with van der Waals surface area (Å²) in [6, 6.07) is 10.2. The zero-order chi connectivity index (χ0) is 15.4. The predicted octanol–water partition coefficient (Wildman–Crippen LogP) is 0.863. The molecule has 116 valence electrons. The molecule has 3 rings (SSSR count). The molecule has 1 fully saturated rings. The first-order chi connectivity index (χ1) is 10.7. The summed E-state index contributed by atoms with van der Waals surface area (Å²) in [4.78, 5) is 12.6. The molecule has 1 aliphatic rings. The average Bonchev–Trinajstić information content (AvgIpc) is 3.04. The van der Waals surface area contributed by atoms with Gasteiger partial charge in [-0.25, -0.2) is 0 Å². The third-order valence-electron chi connectivity index (χ3n) is 3.98. The molecule has 1 aromatic carbocycles. The molecule has 1 saturated heterocycles. The van der Waals surface area contributed by atoms with E-state index in [2.05, 4.69) is 32.9 Å². The zero-order valence-electron chi connectivity index (χ0n) is 12.5. The summed E-state index contributed by atoms with van der Waals surface area (Å²) in [5.41, 5.74) is 0.876. The van der Waals surface area contributed by atoms with Crippen LogP contribution in [0, 0.1) is 0 Å². The SMILES string of the molecule is CC(=O)OCc1nnn(C2(c3ccccc3)CCNCC2)n1. The van der Waals surface area contributed by atoms with Crippen LogP contribution < -0.4 is 5.32 Å². The number of aromatic nitrogens is 4. The Labute approximate surface area is 128 Å². The van der Waals surface area contributed by atoms with Gasteiger partial charge in [-0.1, -0.05) is 30.3 Å². The van der Waals surface area contributed by atoms with E-state index in [-0.39, 0.29) is 18.1 Å². The lowest BCUT2D eigenvalue weighted by Crippen LogP contribution is -2.46. The molecule has 7 nitrogen and oxygen atoms in total. The molecular weight excluding hydrogens is 282 g/mol. The molecule has 0 aliphatic carbocycles. The third kappa shape index (κ3) is 2.85. The van der Waals surface area contributed by atoms with Crippen LogP contribution in [-0.2, 0) is 21.7 Å². The molecule has 1 N–H and O–H groups in total. The summed E-state index contributed by atoms with van der Waals surface area (Å²) in [6.07, 6.45) is 1.78. The van der Waals surface area contributed by atoms with Crippen molar-refractivity contribution < 1.29 is 9.53 Å². The first-order valence-corrected chi connectivity index (χ1v) is 7.40. The van der Waals surface area contributed by atoms with Crippen LogP contribution in [0.4, 0.5) is 0 Å². The number of hydrogen-bond donors (Lipinski definition) is 1. The molecule has 0 bridgehead atoms. The number of nitrogens with one attached hydrogen (secondary N) is 1. The van der Waals surface area contributed by atoms with Crippen molar-refractivity contribution in [2.45, 2.75) is 31.9 Å². The number of carbonyl (C=O) groups is 1. The van der Waals surface area contributed by atoms with Crippen molar-refractivity contribution >= 4 is 5.97 Å². The van der Waals surface area contributed by atoms with Crippen LogP contribution in [-0.4, -0.2) is 39.3 Å². The molecule has 0 saturated carbocycles. The number of benzene rings is 1. The Balaban J connectivity index is 1.91. The van der Waals surface area contributed by atoms with E-state index in [4.69, 9.17) is 4.74 Å². The van der Waals surface area contributed by atoms with Gasteiger partial charge < -0.3 is 10.1 Å². The minimum absolute atomic E-state index is 0.0540. The average molecular weight is 301 g/mol. The number of ether oxygens (including phenoxy) is 1. The first kappa shape index (κ1) is 14.6. The van der Waals surface area contributed by atoms with Crippen LogP contribution in [0.15, 0.2) is 30.3 Å². The van der Waals surface area contributed by atoms with Gasteiger partial charge in [-0.15, -0.1) is 10.2 Å². The normalized spacial score (nSPS) is 17.1. The van der Waals surface area contributed by atoms with Crippen molar-refractivity contribution in [1.82, 2.24) is 25.5 Å². The minimum Gasteiger partial charge on any atom is -0.457 e. The van der Waals surface area contributed by atoms with E-state index in [1.807, 2.05) is 18.2 Å². The van der Waals surface area contributed by atoms with Crippen LogP contribution in [0.1, 0.15) is 31.2 Å². The molecule has 1 aromatic heterocycles. The van der Waals surface area contributed by atoms with E-state index in [0.29, 0.717) is 5.82 Å². The number of hydrogen-bond acceptors (Lipinski definition) is 6. The molecule has 0 spiro atoms. The molecule has 2 heterocycles. The molecule has 0 unspecified atom stereocenters. The van der Waals surface area contributed by atoms with Gasteiger partial charge in [0.15, 0.2) is 6.61 Å². The van der Waals surface area contributed by atoms with Crippen molar-refractivity contribution in [3.63, 3.8) is 0 Å². The van der Waals surface area contributed by atoms with Crippen LogP contribution in [0.2, 0.25) is 0 Å². The number of nitrogens with zero attached hydrogens (tertiary/aromatic N) is 4.